The molecule has 0 unspecified atom stereocenters. The minimum Gasteiger partial charge on any atom is -0.496 e. The number of benzene rings is 3. The Morgan fingerprint density at radius 3 is 2.58 bits per heavy atom. The van der Waals surface area contributed by atoms with Gasteiger partial charge in [-0.2, -0.15) is 0 Å². The summed E-state index contributed by atoms with van der Waals surface area (Å²) in [6.45, 7) is 1.49. The molecule has 3 aromatic rings. The van der Waals surface area contributed by atoms with Crippen molar-refractivity contribution >= 4 is 28.3 Å². The van der Waals surface area contributed by atoms with Crippen LogP contribution in [0.1, 0.15) is 15.9 Å². The average Bonchev–Trinajstić information content (AvgIpc) is 2.66. The largest absolute Gasteiger partial charge is 0.496 e. The number of ether oxygens (including phenoxy) is 2. The molecule has 0 aliphatic carbocycles. The molecule has 26 heavy (non-hydrogen) atoms. The van der Waals surface area contributed by atoms with Crippen molar-refractivity contribution in [3.63, 3.8) is 0 Å². The summed E-state index contributed by atoms with van der Waals surface area (Å²) in [7, 11) is 1.48. The maximum absolute atomic E-state index is 12.3. The van der Waals surface area contributed by atoms with Crippen LogP contribution in [-0.2, 0) is 9.53 Å². The van der Waals surface area contributed by atoms with Gasteiger partial charge in [0.15, 0.2) is 6.61 Å². The highest BCUT2D eigenvalue weighted by molar-refractivity contribution is 6.03. The second kappa shape index (κ2) is 7.70. The molecule has 0 heterocycles. The number of esters is 1. The molecule has 0 aliphatic heterocycles. The van der Waals surface area contributed by atoms with Crippen molar-refractivity contribution in [2.24, 2.45) is 0 Å². The second-order valence-corrected chi connectivity index (χ2v) is 5.85. The van der Waals surface area contributed by atoms with Gasteiger partial charge in [-0.3, -0.25) is 4.79 Å². The first-order valence-electron chi connectivity index (χ1n) is 8.18. The van der Waals surface area contributed by atoms with Gasteiger partial charge in [0.1, 0.15) is 11.3 Å². The molecule has 0 spiro atoms. The van der Waals surface area contributed by atoms with Crippen LogP contribution >= 0.6 is 0 Å². The number of amides is 1. The zero-order valence-electron chi connectivity index (χ0n) is 14.6. The van der Waals surface area contributed by atoms with Crippen molar-refractivity contribution in [2.75, 3.05) is 19.0 Å². The van der Waals surface area contributed by atoms with Crippen molar-refractivity contribution in [1.29, 1.82) is 0 Å². The normalized spacial score (nSPS) is 10.4. The second-order valence-electron chi connectivity index (χ2n) is 5.85. The Kier molecular flexibility index (Phi) is 5.17. The van der Waals surface area contributed by atoms with E-state index >= 15 is 0 Å². The molecule has 0 radical (unpaired) electrons. The molecule has 132 valence electrons. The fourth-order valence-electron chi connectivity index (χ4n) is 2.71. The quantitative estimate of drug-likeness (QED) is 0.708. The van der Waals surface area contributed by atoms with E-state index in [0.717, 1.165) is 16.3 Å². The van der Waals surface area contributed by atoms with Gasteiger partial charge >= 0.3 is 5.97 Å². The van der Waals surface area contributed by atoms with Crippen molar-refractivity contribution in [3.8, 4) is 5.75 Å². The van der Waals surface area contributed by atoms with Crippen LogP contribution in [0.2, 0.25) is 0 Å². The van der Waals surface area contributed by atoms with E-state index in [9.17, 15) is 9.59 Å². The van der Waals surface area contributed by atoms with Gasteiger partial charge in [-0.25, -0.2) is 4.79 Å². The summed E-state index contributed by atoms with van der Waals surface area (Å²) in [5.74, 6) is -0.588. The number of rotatable bonds is 5. The number of hydrogen-bond donors (Lipinski definition) is 1. The Bertz CT molecular complexity index is 960. The monoisotopic (exact) mass is 349 g/mol. The van der Waals surface area contributed by atoms with Crippen LogP contribution in [0.15, 0.2) is 60.7 Å². The van der Waals surface area contributed by atoms with Crippen LogP contribution in [0.3, 0.4) is 0 Å². The zero-order valence-corrected chi connectivity index (χ0v) is 14.6. The third kappa shape index (κ3) is 3.83. The topological polar surface area (TPSA) is 64.6 Å². The minimum absolute atomic E-state index is 0.297. The predicted octanol–water partition coefficient (Wildman–Crippen LogP) is 3.95. The Hall–Kier alpha value is -3.34. The minimum atomic E-state index is -0.599. The number of carbonyl (C=O) groups excluding carboxylic acids is 2. The van der Waals surface area contributed by atoms with Crippen LogP contribution < -0.4 is 10.1 Å². The summed E-state index contributed by atoms with van der Waals surface area (Å²) in [4.78, 5) is 24.5. The van der Waals surface area contributed by atoms with Crippen LogP contribution in [0, 0.1) is 6.92 Å². The molecule has 0 atom stereocenters. The van der Waals surface area contributed by atoms with Gasteiger partial charge in [0.2, 0.25) is 0 Å². The summed E-state index contributed by atoms with van der Waals surface area (Å²) in [6, 6.07) is 18.6. The molecule has 0 saturated heterocycles. The molecule has 1 amide bonds. The van der Waals surface area contributed by atoms with Crippen molar-refractivity contribution < 1.29 is 19.1 Å². The molecule has 0 saturated carbocycles. The molecule has 0 aliphatic rings. The molecule has 0 fully saturated rings. The van der Waals surface area contributed by atoms with Gasteiger partial charge in [-0.15, -0.1) is 0 Å². The number of carbonyl (C=O) groups is 2. The van der Waals surface area contributed by atoms with Crippen LogP contribution in [0.4, 0.5) is 5.69 Å². The summed E-state index contributed by atoms with van der Waals surface area (Å²) in [5.41, 5.74) is 1.88. The highest BCUT2D eigenvalue weighted by Gasteiger charge is 2.16. The summed E-state index contributed by atoms with van der Waals surface area (Å²) in [6.07, 6.45) is 0. The lowest BCUT2D eigenvalue weighted by atomic mass is 10.1. The lowest BCUT2D eigenvalue weighted by Crippen LogP contribution is -2.21. The van der Waals surface area contributed by atoms with E-state index in [1.165, 1.54) is 7.11 Å². The predicted molar refractivity (Wildman–Crippen MR) is 101 cm³/mol. The molecular weight excluding hydrogens is 330 g/mol. The molecule has 0 aromatic heterocycles. The maximum atomic E-state index is 12.3. The number of fused-ring (bicyclic) bond motifs is 1. The van der Waals surface area contributed by atoms with Gasteiger partial charge in [0.05, 0.1) is 7.11 Å². The Labute approximate surface area is 151 Å². The fourth-order valence-corrected chi connectivity index (χ4v) is 2.71. The molecule has 3 rings (SSSR count). The van der Waals surface area contributed by atoms with Crippen LogP contribution in [-0.4, -0.2) is 25.6 Å². The number of anilines is 1. The molecular formula is C21H19NO4. The average molecular weight is 349 g/mol. The van der Waals surface area contributed by atoms with E-state index in [0.29, 0.717) is 17.0 Å². The standard InChI is InChI=1S/C21H19NO4/c1-14-10-11-19(25-2)17(12-14)21(24)26-13-20(23)22-18-9-5-7-15-6-3-4-8-16(15)18/h3-12H,13H2,1-2H3,(H,22,23). The number of methoxy groups -OCH3 is 1. The maximum Gasteiger partial charge on any atom is 0.342 e. The summed E-state index contributed by atoms with van der Waals surface area (Å²) in [5, 5.41) is 4.73. The zero-order chi connectivity index (χ0) is 18.5. The highest BCUT2D eigenvalue weighted by Crippen LogP contribution is 2.23. The van der Waals surface area contributed by atoms with E-state index in [4.69, 9.17) is 9.47 Å². The number of nitrogens with one attached hydrogen (secondary N) is 1. The van der Waals surface area contributed by atoms with Gasteiger partial charge < -0.3 is 14.8 Å². The third-order valence-corrected chi connectivity index (χ3v) is 3.97. The van der Waals surface area contributed by atoms with Crippen molar-refractivity contribution in [3.05, 3.63) is 71.8 Å². The van der Waals surface area contributed by atoms with Gasteiger partial charge in [-0.05, 0) is 30.5 Å². The van der Waals surface area contributed by atoms with E-state index in [1.807, 2.05) is 55.5 Å². The lowest BCUT2D eigenvalue weighted by molar-refractivity contribution is -0.119. The van der Waals surface area contributed by atoms with Crippen molar-refractivity contribution in [1.82, 2.24) is 0 Å². The van der Waals surface area contributed by atoms with Gasteiger partial charge in [0, 0.05) is 11.1 Å². The van der Waals surface area contributed by atoms with E-state index in [2.05, 4.69) is 5.32 Å². The first kappa shape index (κ1) is 17.5. The van der Waals surface area contributed by atoms with Crippen LogP contribution in [0.25, 0.3) is 10.8 Å². The van der Waals surface area contributed by atoms with Crippen molar-refractivity contribution in [2.45, 2.75) is 6.92 Å². The first-order chi connectivity index (χ1) is 12.6. The SMILES string of the molecule is COc1ccc(C)cc1C(=O)OCC(=O)Nc1cccc2ccccc12. The number of hydrogen-bond acceptors (Lipinski definition) is 4. The van der Waals surface area contributed by atoms with Gasteiger partial charge in [0.25, 0.3) is 5.91 Å². The van der Waals surface area contributed by atoms with Gasteiger partial charge in [-0.1, -0.05) is 48.0 Å². The Morgan fingerprint density at radius 1 is 1.00 bits per heavy atom. The Morgan fingerprint density at radius 2 is 1.77 bits per heavy atom. The first-order valence-corrected chi connectivity index (χ1v) is 8.18. The lowest BCUT2D eigenvalue weighted by Gasteiger charge is -2.11. The molecule has 0 bridgehead atoms. The summed E-state index contributed by atoms with van der Waals surface area (Å²) < 4.78 is 10.3. The van der Waals surface area contributed by atoms with E-state index in [-0.39, 0.29) is 6.61 Å². The fraction of sp³-hybridized carbons (Fsp3) is 0.143. The van der Waals surface area contributed by atoms with Crippen LogP contribution in [0.5, 0.6) is 5.75 Å². The molecule has 1 N–H and O–H groups in total. The van der Waals surface area contributed by atoms with E-state index in [1.54, 1.807) is 12.1 Å². The van der Waals surface area contributed by atoms with E-state index < -0.39 is 11.9 Å². The third-order valence-electron chi connectivity index (χ3n) is 3.97. The molecule has 3 aromatic carbocycles. The molecule has 5 nitrogen and oxygen atoms in total. The smallest absolute Gasteiger partial charge is 0.342 e. The molecule has 5 heteroatoms. The highest BCUT2D eigenvalue weighted by atomic mass is 16.5. The summed E-state index contributed by atoms with van der Waals surface area (Å²) >= 11 is 0. The Balaban J connectivity index is 1.67. The number of aryl methyl sites for hydroxylation is 1.